The Hall–Kier alpha value is -2.86. The summed E-state index contributed by atoms with van der Waals surface area (Å²) >= 11 is 5.97. The summed E-state index contributed by atoms with van der Waals surface area (Å²) in [6.07, 6.45) is 0.618. The molecule has 1 fully saturated rings. The highest BCUT2D eigenvalue weighted by Gasteiger charge is 2.35. The van der Waals surface area contributed by atoms with E-state index >= 15 is 0 Å². The smallest absolute Gasteiger partial charge is 0.409 e. The zero-order valence-electron chi connectivity index (χ0n) is 19.3. The second-order valence-electron chi connectivity index (χ2n) is 8.82. The number of ether oxygens (including phenoxy) is 1. The number of aliphatic hydroxyl groups is 1. The Bertz CT molecular complexity index is 995. The number of carbonyl (C=O) groups excluding carboxylic acids is 1. The van der Waals surface area contributed by atoms with Crippen molar-refractivity contribution in [3.05, 3.63) is 107 Å². The predicted molar refractivity (Wildman–Crippen MR) is 135 cm³/mol. The summed E-state index contributed by atoms with van der Waals surface area (Å²) in [6.45, 7) is 3.43. The first-order valence-corrected chi connectivity index (χ1v) is 12.1. The molecule has 1 aliphatic heterocycles. The van der Waals surface area contributed by atoms with Crippen LogP contribution in [0.4, 0.5) is 4.79 Å². The minimum absolute atomic E-state index is 0.316. The standard InChI is InChI=1S/C28H31ClN2O3/c29-26-13-11-25(12-14-26)28(33)15-17-31(18-16-28)27(32)34-20-19-30(21-23-7-3-1-4-8-23)22-24-9-5-2-6-10-24/h1-14,33H,15-22H2. The minimum atomic E-state index is -0.941. The Balaban J connectivity index is 1.28. The third kappa shape index (κ3) is 6.60. The third-order valence-electron chi connectivity index (χ3n) is 6.36. The fraction of sp³-hybridized carbons (Fsp3) is 0.321. The van der Waals surface area contributed by atoms with Gasteiger partial charge in [0.15, 0.2) is 0 Å². The van der Waals surface area contributed by atoms with E-state index in [-0.39, 0.29) is 6.09 Å². The maximum atomic E-state index is 12.7. The fourth-order valence-electron chi connectivity index (χ4n) is 4.36. The Morgan fingerprint density at radius 2 is 1.41 bits per heavy atom. The van der Waals surface area contributed by atoms with Crippen molar-refractivity contribution < 1.29 is 14.6 Å². The highest BCUT2D eigenvalue weighted by molar-refractivity contribution is 6.30. The first-order valence-electron chi connectivity index (χ1n) is 11.7. The molecule has 34 heavy (non-hydrogen) atoms. The number of piperidine rings is 1. The number of nitrogens with zero attached hydrogens (tertiary/aromatic N) is 2. The zero-order chi connectivity index (χ0) is 23.8. The number of hydrogen-bond acceptors (Lipinski definition) is 4. The van der Waals surface area contributed by atoms with Gasteiger partial charge < -0.3 is 14.7 Å². The maximum Gasteiger partial charge on any atom is 0.409 e. The predicted octanol–water partition coefficient (Wildman–Crippen LogP) is 5.46. The van der Waals surface area contributed by atoms with Gasteiger partial charge in [-0.05, 0) is 41.7 Å². The first kappa shape index (κ1) is 24.3. The van der Waals surface area contributed by atoms with Gasteiger partial charge in [0.25, 0.3) is 0 Å². The van der Waals surface area contributed by atoms with E-state index in [4.69, 9.17) is 16.3 Å². The van der Waals surface area contributed by atoms with Gasteiger partial charge in [-0.2, -0.15) is 0 Å². The van der Waals surface area contributed by atoms with E-state index in [1.165, 1.54) is 11.1 Å². The van der Waals surface area contributed by atoms with Crippen LogP contribution in [0.5, 0.6) is 0 Å². The van der Waals surface area contributed by atoms with Crippen LogP contribution in [-0.2, 0) is 23.4 Å². The Labute approximate surface area is 206 Å². The van der Waals surface area contributed by atoms with E-state index < -0.39 is 5.60 Å². The topological polar surface area (TPSA) is 53.0 Å². The number of hydrogen-bond donors (Lipinski definition) is 1. The van der Waals surface area contributed by atoms with E-state index in [0.29, 0.717) is 44.1 Å². The molecule has 1 amide bonds. The third-order valence-corrected chi connectivity index (χ3v) is 6.61. The van der Waals surface area contributed by atoms with Gasteiger partial charge in [-0.15, -0.1) is 0 Å². The first-order chi connectivity index (χ1) is 16.5. The Morgan fingerprint density at radius 1 is 0.882 bits per heavy atom. The van der Waals surface area contributed by atoms with E-state index in [1.807, 2.05) is 48.5 Å². The molecule has 6 heteroatoms. The molecule has 0 atom stereocenters. The van der Waals surface area contributed by atoms with Crippen LogP contribution in [-0.4, -0.2) is 47.2 Å². The lowest BCUT2D eigenvalue weighted by Crippen LogP contribution is -2.45. The molecule has 0 aromatic heterocycles. The van der Waals surface area contributed by atoms with E-state index in [9.17, 15) is 9.90 Å². The molecule has 5 nitrogen and oxygen atoms in total. The quantitative estimate of drug-likeness (QED) is 0.467. The second-order valence-corrected chi connectivity index (χ2v) is 9.26. The number of rotatable bonds is 8. The molecule has 0 aliphatic carbocycles. The number of likely N-dealkylation sites (tertiary alicyclic amines) is 1. The van der Waals surface area contributed by atoms with Crippen LogP contribution in [0.1, 0.15) is 29.5 Å². The van der Waals surface area contributed by atoms with Crippen molar-refractivity contribution in [2.75, 3.05) is 26.2 Å². The number of halogens is 1. The van der Waals surface area contributed by atoms with Crippen molar-refractivity contribution in [1.82, 2.24) is 9.80 Å². The number of carbonyl (C=O) groups is 1. The average Bonchev–Trinajstić information content (AvgIpc) is 2.86. The van der Waals surface area contributed by atoms with Crippen molar-refractivity contribution in [2.45, 2.75) is 31.5 Å². The molecule has 1 heterocycles. The van der Waals surface area contributed by atoms with Crippen molar-refractivity contribution >= 4 is 17.7 Å². The van der Waals surface area contributed by atoms with E-state index in [1.54, 1.807) is 17.0 Å². The Morgan fingerprint density at radius 3 is 1.94 bits per heavy atom. The van der Waals surface area contributed by atoms with Crippen molar-refractivity contribution in [3.8, 4) is 0 Å². The molecule has 4 rings (SSSR count). The highest BCUT2D eigenvalue weighted by Crippen LogP contribution is 2.33. The summed E-state index contributed by atoms with van der Waals surface area (Å²) in [6, 6.07) is 27.9. The van der Waals surface area contributed by atoms with Gasteiger partial charge in [0.05, 0.1) is 5.60 Å². The lowest BCUT2D eigenvalue weighted by atomic mass is 9.84. The molecule has 0 bridgehead atoms. The van der Waals surface area contributed by atoms with Gasteiger partial charge in [-0.25, -0.2) is 4.79 Å². The second kappa shape index (κ2) is 11.5. The fourth-order valence-corrected chi connectivity index (χ4v) is 4.48. The molecule has 1 N–H and O–H groups in total. The molecule has 1 saturated heterocycles. The van der Waals surface area contributed by atoms with Gasteiger partial charge in [-0.3, -0.25) is 4.90 Å². The van der Waals surface area contributed by atoms with Crippen molar-refractivity contribution in [2.24, 2.45) is 0 Å². The molecule has 1 aliphatic rings. The van der Waals surface area contributed by atoms with Gasteiger partial charge in [0.1, 0.15) is 6.61 Å². The van der Waals surface area contributed by atoms with E-state index in [2.05, 4.69) is 29.2 Å². The average molecular weight is 479 g/mol. The largest absolute Gasteiger partial charge is 0.448 e. The molecular formula is C28H31ClN2O3. The van der Waals surface area contributed by atoms with Crippen molar-refractivity contribution in [1.29, 1.82) is 0 Å². The molecule has 3 aromatic rings. The van der Waals surface area contributed by atoms with Crippen LogP contribution in [0.25, 0.3) is 0 Å². The molecule has 0 unspecified atom stereocenters. The van der Waals surface area contributed by atoms with Crippen LogP contribution < -0.4 is 0 Å². The molecule has 3 aromatic carbocycles. The van der Waals surface area contributed by atoms with Crippen LogP contribution in [0, 0.1) is 0 Å². The summed E-state index contributed by atoms with van der Waals surface area (Å²) in [5.41, 5.74) is 2.34. The molecule has 178 valence electrons. The zero-order valence-corrected chi connectivity index (χ0v) is 20.0. The highest BCUT2D eigenvalue weighted by atomic mass is 35.5. The Kier molecular flexibility index (Phi) is 8.22. The van der Waals surface area contributed by atoms with Gasteiger partial charge in [0.2, 0.25) is 0 Å². The number of amides is 1. The van der Waals surface area contributed by atoms with Crippen LogP contribution in [0.2, 0.25) is 5.02 Å². The summed E-state index contributed by atoms with van der Waals surface area (Å²) in [4.78, 5) is 16.6. The van der Waals surface area contributed by atoms with Crippen LogP contribution in [0.15, 0.2) is 84.9 Å². The van der Waals surface area contributed by atoms with Crippen molar-refractivity contribution in [3.63, 3.8) is 0 Å². The van der Waals surface area contributed by atoms with Gasteiger partial charge >= 0.3 is 6.09 Å². The monoisotopic (exact) mass is 478 g/mol. The van der Waals surface area contributed by atoms with Gasteiger partial charge in [0, 0.05) is 37.7 Å². The summed E-state index contributed by atoms with van der Waals surface area (Å²) in [5, 5.41) is 11.7. The van der Waals surface area contributed by atoms with Gasteiger partial charge in [-0.1, -0.05) is 84.4 Å². The van der Waals surface area contributed by atoms with Crippen LogP contribution >= 0.6 is 11.6 Å². The lowest BCUT2D eigenvalue weighted by molar-refractivity contribution is -0.0254. The summed E-state index contributed by atoms with van der Waals surface area (Å²) in [5.74, 6) is 0. The molecular weight excluding hydrogens is 448 g/mol. The number of benzene rings is 3. The summed E-state index contributed by atoms with van der Waals surface area (Å²) in [7, 11) is 0. The maximum absolute atomic E-state index is 12.7. The molecule has 0 spiro atoms. The lowest BCUT2D eigenvalue weighted by Gasteiger charge is -2.38. The SMILES string of the molecule is O=C(OCCN(Cc1ccccc1)Cc1ccccc1)N1CCC(O)(c2ccc(Cl)cc2)CC1. The van der Waals surface area contributed by atoms with Crippen LogP contribution in [0.3, 0.4) is 0 Å². The molecule has 0 saturated carbocycles. The normalized spacial score (nSPS) is 15.3. The van der Waals surface area contributed by atoms with E-state index in [0.717, 1.165) is 18.7 Å². The summed E-state index contributed by atoms with van der Waals surface area (Å²) < 4.78 is 5.62. The minimum Gasteiger partial charge on any atom is -0.448 e. The molecule has 0 radical (unpaired) electrons.